The topological polar surface area (TPSA) is 72.0 Å². The zero-order valence-electron chi connectivity index (χ0n) is 16.6. The number of nitrogens with one attached hydrogen (secondary N) is 1. The maximum atomic E-state index is 5.06. The van der Waals surface area contributed by atoms with Crippen LogP contribution in [0.5, 0.6) is 5.75 Å². The van der Waals surface area contributed by atoms with Crippen molar-refractivity contribution in [1.82, 2.24) is 4.98 Å². The maximum absolute atomic E-state index is 5.06. The standard InChI is InChI=1S/C9H8N2.C9H7NO.C7H5NO/c2*1-2-6-9-8(4-1)5-3-7-10-11-9;1-2-4-7-6(3-1)8-5-9-7/h1-7,11H;1-7H;1-5H. The summed E-state index contributed by atoms with van der Waals surface area (Å²) in [5.74, 6) is 0.803. The van der Waals surface area contributed by atoms with Gasteiger partial charge in [0.05, 0.1) is 11.9 Å². The number of anilines is 1. The fraction of sp³-hybridized carbons (Fsp3) is 0. The summed E-state index contributed by atoms with van der Waals surface area (Å²) in [6, 6.07) is 23.5. The molecule has 3 heterocycles. The Morgan fingerprint density at radius 1 is 0.710 bits per heavy atom. The van der Waals surface area contributed by atoms with Crippen molar-refractivity contribution in [3.8, 4) is 5.75 Å². The summed E-state index contributed by atoms with van der Waals surface area (Å²) >= 11 is 0. The molecule has 2 aliphatic rings. The molecule has 0 saturated carbocycles. The SMILES string of the molecule is C1=Cc2ccccc2NN=C1.C1=Cc2ccccc2ON=C1.c1ccc2ocnc2c1. The Bertz CT molecular complexity index is 1160. The fourth-order valence-corrected chi connectivity index (χ4v) is 2.81. The molecule has 0 aliphatic carbocycles. The van der Waals surface area contributed by atoms with Crippen LogP contribution in [-0.4, -0.2) is 17.4 Å². The molecule has 6 rings (SSSR count). The number of oxazole rings is 1. The van der Waals surface area contributed by atoms with Crippen LogP contribution in [0.25, 0.3) is 23.3 Å². The number of benzene rings is 3. The van der Waals surface area contributed by atoms with Crippen molar-refractivity contribution in [3.63, 3.8) is 0 Å². The molecule has 1 N–H and O–H groups in total. The van der Waals surface area contributed by atoms with Gasteiger partial charge in [-0.2, -0.15) is 5.10 Å². The molecule has 2 aliphatic heterocycles. The summed E-state index contributed by atoms with van der Waals surface area (Å²) < 4.78 is 5.01. The molecule has 0 radical (unpaired) electrons. The van der Waals surface area contributed by atoms with Crippen LogP contribution in [0.4, 0.5) is 5.69 Å². The number of aromatic nitrogens is 1. The first-order chi connectivity index (χ1) is 15.4. The van der Waals surface area contributed by atoms with Crippen molar-refractivity contribution in [3.05, 3.63) is 102 Å². The molecule has 152 valence electrons. The zero-order chi connectivity index (χ0) is 21.1. The molecular weight excluding hydrogens is 388 g/mol. The number of nitrogens with zero attached hydrogens (tertiary/aromatic N) is 3. The van der Waals surface area contributed by atoms with E-state index >= 15 is 0 Å². The predicted molar refractivity (Wildman–Crippen MR) is 126 cm³/mol. The zero-order valence-corrected chi connectivity index (χ0v) is 16.6. The first kappa shape index (κ1) is 19.8. The maximum Gasteiger partial charge on any atom is 0.181 e. The second kappa shape index (κ2) is 10.4. The van der Waals surface area contributed by atoms with Gasteiger partial charge in [-0.25, -0.2) is 4.98 Å². The molecule has 31 heavy (non-hydrogen) atoms. The predicted octanol–water partition coefficient (Wildman–Crippen LogP) is 6.02. The minimum Gasteiger partial charge on any atom is -0.443 e. The van der Waals surface area contributed by atoms with Crippen LogP contribution in [-0.2, 0) is 0 Å². The molecule has 0 saturated heterocycles. The van der Waals surface area contributed by atoms with Gasteiger partial charge in [0.1, 0.15) is 5.52 Å². The lowest BCUT2D eigenvalue weighted by Crippen LogP contribution is -1.87. The van der Waals surface area contributed by atoms with Gasteiger partial charge in [-0.05, 0) is 48.1 Å². The van der Waals surface area contributed by atoms with E-state index in [9.17, 15) is 0 Å². The molecule has 4 aromatic rings. The molecule has 1 aromatic heterocycles. The molecule has 3 aromatic carbocycles. The van der Waals surface area contributed by atoms with Crippen LogP contribution < -0.4 is 10.3 Å². The van der Waals surface area contributed by atoms with E-state index in [1.165, 1.54) is 12.0 Å². The van der Waals surface area contributed by atoms with Crippen LogP contribution >= 0.6 is 0 Å². The van der Waals surface area contributed by atoms with Gasteiger partial charge in [0, 0.05) is 11.8 Å². The third-order valence-corrected chi connectivity index (χ3v) is 4.31. The molecule has 6 heteroatoms. The van der Waals surface area contributed by atoms with E-state index in [-0.39, 0.29) is 0 Å². The van der Waals surface area contributed by atoms with Crippen LogP contribution in [0.2, 0.25) is 0 Å². The third kappa shape index (κ3) is 5.55. The van der Waals surface area contributed by atoms with E-state index in [2.05, 4.69) is 20.7 Å². The highest BCUT2D eigenvalue weighted by molar-refractivity contribution is 5.84. The Labute approximate surface area is 179 Å². The summed E-state index contributed by atoms with van der Waals surface area (Å²) in [5.41, 5.74) is 7.98. The van der Waals surface area contributed by atoms with Gasteiger partial charge in [-0.1, -0.05) is 59.8 Å². The molecule has 0 atom stereocenters. The normalized spacial score (nSPS) is 12.5. The minimum absolute atomic E-state index is 0.803. The summed E-state index contributed by atoms with van der Waals surface area (Å²) in [5, 5.41) is 7.65. The lowest BCUT2D eigenvalue weighted by atomic mass is 10.2. The first-order valence-electron chi connectivity index (χ1n) is 9.69. The summed E-state index contributed by atoms with van der Waals surface area (Å²) in [4.78, 5) is 9.01. The lowest BCUT2D eigenvalue weighted by molar-refractivity contribution is 0.344. The van der Waals surface area contributed by atoms with Gasteiger partial charge < -0.3 is 9.25 Å². The lowest BCUT2D eigenvalue weighted by Gasteiger charge is -2.00. The Balaban J connectivity index is 0.000000113. The van der Waals surface area contributed by atoms with Crippen molar-refractivity contribution in [2.24, 2.45) is 10.3 Å². The van der Waals surface area contributed by atoms with Crippen molar-refractivity contribution < 1.29 is 9.25 Å². The van der Waals surface area contributed by atoms with E-state index in [1.54, 1.807) is 12.4 Å². The Morgan fingerprint density at radius 2 is 1.45 bits per heavy atom. The highest BCUT2D eigenvalue weighted by Crippen LogP contribution is 2.20. The van der Waals surface area contributed by atoms with Gasteiger partial charge in [0.2, 0.25) is 0 Å². The van der Waals surface area contributed by atoms with E-state index in [4.69, 9.17) is 9.25 Å². The van der Waals surface area contributed by atoms with Crippen molar-refractivity contribution >= 4 is 41.4 Å². The number of allylic oxidation sites excluding steroid dienone is 2. The molecule has 0 bridgehead atoms. The van der Waals surface area contributed by atoms with Crippen molar-refractivity contribution in [2.45, 2.75) is 0 Å². The number of hydrogen-bond acceptors (Lipinski definition) is 6. The average Bonchev–Trinajstić information content (AvgIpc) is 3.01. The molecule has 0 unspecified atom stereocenters. The first-order valence-corrected chi connectivity index (χ1v) is 9.69. The molecule has 6 nitrogen and oxygen atoms in total. The van der Waals surface area contributed by atoms with Crippen LogP contribution in [0, 0.1) is 0 Å². The Morgan fingerprint density at radius 3 is 2.39 bits per heavy atom. The third-order valence-electron chi connectivity index (χ3n) is 4.31. The highest BCUT2D eigenvalue weighted by atomic mass is 16.6. The number of hydrazone groups is 1. The Kier molecular flexibility index (Phi) is 6.63. The Hall–Kier alpha value is -4.45. The van der Waals surface area contributed by atoms with Gasteiger partial charge in [0.15, 0.2) is 17.7 Å². The minimum atomic E-state index is 0.803. The average molecular weight is 408 g/mol. The van der Waals surface area contributed by atoms with E-state index in [1.807, 2.05) is 97.1 Å². The summed E-state index contributed by atoms with van der Waals surface area (Å²) in [6.07, 6.45) is 12.6. The monoisotopic (exact) mass is 408 g/mol. The van der Waals surface area contributed by atoms with Gasteiger partial charge in [0.25, 0.3) is 0 Å². The molecule has 0 amide bonds. The van der Waals surface area contributed by atoms with Gasteiger partial charge >= 0.3 is 0 Å². The number of rotatable bonds is 0. The van der Waals surface area contributed by atoms with E-state index in [0.29, 0.717) is 0 Å². The summed E-state index contributed by atoms with van der Waals surface area (Å²) in [7, 11) is 0. The molecule has 0 spiro atoms. The van der Waals surface area contributed by atoms with E-state index < -0.39 is 0 Å². The van der Waals surface area contributed by atoms with Gasteiger partial charge in [-0.3, -0.25) is 5.43 Å². The molecular formula is C25H20N4O2. The van der Waals surface area contributed by atoms with Crippen LogP contribution in [0.3, 0.4) is 0 Å². The summed E-state index contributed by atoms with van der Waals surface area (Å²) in [6.45, 7) is 0. The highest BCUT2D eigenvalue weighted by Gasteiger charge is 1.99. The molecule has 0 fully saturated rings. The van der Waals surface area contributed by atoms with Gasteiger partial charge in [-0.15, -0.1) is 0 Å². The largest absolute Gasteiger partial charge is 0.443 e. The van der Waals surface area contributed by atoms with Crippen LogP contribution in [0.15, 0.2) is 106 Å². The quantitative estimate of drug-likeness (QED) is 0.386. The van der Waals surface area contributed by atoms with Crippen molar-refractivity contribution in [2.75, 3.05) is 5.43 Å². The second-order valence-electron chi connectivity index (χ2n) is 6.40. The van der Waals surface area contributed by atoms with Crippen LogP contribution in [0.1, 0.15) is 11.1 Å². The number of oxime groups is 1. The second-order valence-corrected chi connectivity index (χ2v) is 6.40. The number of hydrogen-bond donors (Lipinski definition) is 1. The van der Waals surface area contributed by atoms with E-state index in [0.717, 1.165) is 28.1 Å². The number of para-hydroxylation sites is 4. The fourth-order valence-electron chi connectivity index (χ4n) is 2.81. The number of fused-ring (bicyclic) bond motifs is 3. The van der Waals surface area contributed by atoms with Crippen molar-refractivity contribution in [1.29, 1.82) is 0 Å². The smallest absolute Gasteiger partial charge is 0.181 e.